The summed E-state index contributed by atoms with van der Waals surface area (Å²) in [7, 11) is 1.64. The van der Waals surface area contributed by atoms with Crippen molar-refractivity contribution in [3.05, 3.63) is 0 Å². The minimum atomic E-state index is 0.0566. The van der Waals surface area contributed by atoms with Crippen molar-refractivity contribution in [3.63, 3.8) is 0 Å². The predicted octanol–water partition coefficient (Wildman–Crippen LogP) is 1.46. The molecule has 0 radical (unpaired) electrons. The molecule has 0 spiro atoms. The van der Waals surface area contributed by atoms with E-state index in [0.29, 0.717) is 13.2 Å². The molecule has 0 bridgehead atoms. The molecule has 4 nitrogen and oxygen atoms in total. The number of amides is 2. The molecule has 1 fully saturated rings. The number of carbonyl (C=O) groups excluding carboxylic acids is 1. The average molecular weight is 214 g/mol. The molecule has 0 aromatic carbocycles. The van der Waals surface area contributed by atoms with Crippen molar-refractivity contribution in [1.29, 1.82) is 0 Å². The highest BCUT2D eigenvalue weighted by molar-refractivity contribution is 5.74. The van der Waals surface area contributed by atoms with Crippen LogP contribution in [0, 0.1) is 5.92 Å². The number of rotatable bonds is 3. The summed E-state index contributed by atoms with van der Waals surface area (Å²) in [5, 5.41) is 2.86. The Morgan fingerprint density at radius 2 is 2.27 bits per heavy atom. The molecule has 0 aromatic heterocycles. The lowest BCUT2D eigenvalue weighted by Gasteiger charge is -2.20. The second-order valence-corrected chi connectivity index (χ2v) is 4.25. The first kappa shape index (κ1) is 12.3. The van der Waals surface area contributed by atoms with Gasteiger partial charge in [0, 0.05) is 26.7 Å². The van der Waals surface area contributed by atoms with E-state index >= 15 is 0 Å². The Labute approximate surface area is 92.0 Å². The van der Waals surface area contributed by atoms with Gasteiger partial charge in [0.05, 0.1) is 6.61 Å². The zero-order valence-electron chi connectivity index (χ0n) is 9.79. The summed E-state index contributed by atoms with van der Waals surface area (Å²) in [6.07, 6.45) is 3.48. The zero-order chi connectivity index (χ0) is 11.1. The number of hydrogen-bond donors (Lipinski definition) is 1. The molecule has 1 unspecified atom stereocenters. The Morgan fingerprint density at radius 1 is 1.47 bits per heavy atom. The quantitative estimate of drug-likeness (QED) is 0.723. The van der Waals surface area contributed by atoms with E-state index in [1.54, 1.807) is 7.11 Å². The summed E-state index contributed by atoms with van der Waals surface area (Å²) in [4.78, 5) is 13.6. The van der Waals surface area contributed by atoms with Crippen molar-refractivity contribution < 1.29 is 9.53 Å². The standard InChI is InChI=1S/C11H22N2O2/c1-10-4-3-7-13(8-5-10)11(14)12-6-9-15-2/h10H,3-9H2,1-2H3,(H,12,14). The van der Waals surface area contributed by atoms with Crippen LogP contribution in [0.15, 0.2) is 0 Å². The van der Waals surface area contributed by atoms with E-state index in [9.17, 15) is 4.79 Å². The van der Waals surface area contributed by atoms with Gasteiger partial charge in [-0.2, -0.15) is 0 Å². The third-order valence-corrected chi connectivity index (χ3v) is 2.89. The fourth-order valence-electron chi connectivity index (χ4n) is 1.84. The van der Waals surface area contributed by atoms with Crippen molar-refractivity contribution in [1.82, 2.24) is 10.2 Å². The highest BCUT2D eigenvalue weighted by atomic mass is 16.5. The Kier molecular flexibility index (Phi) is 5.47. The molecule has 2 amide bonds. The van der Waals surface area contributed by atoms with Crippen molar-refractivity contribution >= 4 is 6.03 Å². The van der Waals surface area contributed by atoms with Gasteiger partial charge in [0.1, 0.15) is 0 Å². The van der Waals surface area contributed by atoms with Gasteiger partial charge in [0.25, 0.3) is 0 Å². The summed E-state index contributed by atoms with van der Waals surface area (Å²) in [5.74, 6) is 0.752. The summed E-state index contributed by atoms with van der Waals surface area (Å²) >= 11 is 0. The predicted molar refractivity (Wildman–Crippen MR) is 59.9 cm³/mol. The van der Waals surface area contributed by atoms with Crippen LogP contribution >= 0.6 is 0 Å². The van der Waals surface area contributed by atoms with Crippen LogP contribution in [0.1, 0.15) is 26.2 Å². The van der Waals surface area contributed by atoms with Gasteiger partial charge in [-0.1, -0.05) is 6.92 Å². The fraction of sp³-hybridized carbons (Fsp3) is 0.909. The molecule has 1 heterocycles. The molecule has 1 atom stereocenters. The van der Waals surface area contributed by atoms with E-state index in [1.165, 1.54) is 6.42 Å². The maximum atomic E-state index is 11.7. The zero-order valence-corrected chi connectivity index (χ0v) is 9.79. The molecular formula is C11H22N2O2. The van der Waals surface area contributed by atoms with Crippen molar-refractivity contribution in [2.45, 2.75) is 26.2 Å². The summed E-state index contributed by atoms with van der Waals surface area (Å²) in [6, 6.07) is 0.0566. The van der Waals surface area contributed by atoms with Gasteiger partial charge in [-0.3, -0.25) is 0 Å². The number of nitrogens with zero attached hydrogens (tertiary/aromatic N) is 1. The monoisotopic (exact) mass is 214 g/mol. The number of nitrogens with one attached hydrogen (secondary N) is 1. The van der Waals surface area contributed by atoms with Crippen LogP contribution in [-0.4, -0.2) is 44.3 Å². The van der Waals surface area contributed by atoms with Gasteiger partial charge in [-0.05, 0) is 25.2 Å². The number of ether oxygens (including phenoxy) is 1. The molecule has 0 saturated carbocycles. The number of urea groups is 1. The molecule has 0 aliphatic carbocycles. The van der Waals surface area contributed by atoms with Gasteiger partial charge >= 0.3 is 6.03 Å². The van der Waals surface area contributed by atoms with Crippen LogP contribution in [0.25, 0.3) is 0 Å². The smallest absolute Gasteiger partial charge is 0.317 e. The molecule has 1 saturated heterocycles. The highest BCUT2D eigenvalue weighted by Gasteiger charge is 2.17. The van der Waals surface area contributed by atoms with Gasteiger partial charge < -0.3 is 15.0 Å². The maximum absolute atomic E-state index is 11.7. The van der Waals surface area contributed by atoms with Gasteiger partial charge in [0.15, 0.2) is 0 Å². The molecule has 4 heteroatoms. The molecule has 15 heavy (non-hydrogen) atoms. The molecule has 1 aliphatic heterocycles. The Hall–Kier alpha value is -0.770. The SMILES string of the molecule is COCCNC(=O)N1CCCC(C)CC1. The average Bonchev–Trinajstić information content (AvgIpc) is 2.43. The lowest BCUT2D eigenvalue weighted by atomic mass is 10.0. The topological polar surface area (TPSA) is 41.6 Å². The van der Waals surface area contributed by atoms with E-state index in [2.05, 4.69) is 12.2 Å². The molecule has 1 aliphatic rings. The maximum Gasteiger partial charge on any atom is 0.317 e. The lowest BCUT2D eigenvalue weighted by molar-refractivity contribution is 0.180. The number of carbonyl (C=O) groups is 1. The van der Waals surface area contributed by atoms with E-state index < -0.39 is 0 Å². The van der Waals surface area contributed by atoms with Crippen molar-refractivity contribution in [2.75, 3.05) is 33.4 Å². The normalized spacial score (nSPS) is 22.3. The summed E-state index contributed by atoms with van der Waals surface area (Å²) in [6.45, 7) is 5.22. The molecule has 1 rings (SSSR count). The number of likely N-dealkylation sites (tertiary alicyclic amines) is 1. The minimum Gasteiger partial charge on any atom is -0.383 e. The molecular weight excluding hydrogens is 192 g/mol. The molecule has 88 valence electrons. The second-order valence-electron chi connectivity index (χ2n) is 4.25. The Balaban J connectivity index is 2.25. The number of methoxy groups -OCH3 is 1. The first-order chi connectivity index (χ1) is 7.24. The highest BCUT2D eigenvalue weighted by Crippen LogP contribution is 2.16. The largest absolute Gasteiger partial charge is 0.383 e. The van der Waals surface area contributed by atoms with Gasteiger partial charge in [-0.25, -0.2) is 4.79 Å². The van der Waals surface area contributed by atoms with E-state index in [0.717, 1.165) is 31.8 Å². The lowest BCUT2D eigenvalue weighted by Crippen LogP contribution is -2.41. The first-order valence-corrected chi connectivity index (χ1v) is 5.75. The third kappa shape index (κ3) is 4.51. The second kappa shape index (κ2) is 6.67. The Morgan fingerprint density at radius 3 is 3.00 bits per heavy atom. The molecule has 0 aromatic rings. The van der Waals surface area contributed by atoms with E-state index in [4.69, 9.17) is 4.74 Å². The van der Waals surface area contributed by atoms with Crippen LogP contribution in [0.2, 0.25) is 0 Å². The van der Waals surface area contributed by atoms with Crippen LogP contribution in [0.4, 0.5) is 4.79 Å². The van der Waals surface area contributed by atoms with Gasteiger partial charge in [0.2, 0.25) is 0 Å². The van der Waals surface area contributed by atoms with Crippen LogP contribution in [0.3, 0.4) is 0 Å². The third-order valence-electron chi connectivity index (χ3n) is 2.89. The van der Waals surface area contributed by atoms with Gasteiger partial charge in [-0.15, -0.1) is 0 Å². The van der Waals surface area contributed by atoms with E-state index in [-0.39, 0.29) is 6.03 Å². The molecule has 1 N–H and O–H groups in total. The van der Waals surface area contributed by atoms with Crippen molar-refractivity contribution in [2.24, 2.45) is 5.92 Å². The van der Waals surface area contributed by atoms with Crippen LogP contribution < -0.4 is 5.32 Å². The minimum absolute atomic E-state index is 0.0566. The first-order valence-electron chi connectivity index (χ1n) is 5.75. The van der Waals surface area contributed by atoms with Crippen molar-refractivity contribution in [3.8, 4) is 0 Å². The Bertz CT molecular complexity index is 197. The van der Waals surface area contributed by atoms with Crippen LogP contribution in [-0.2, 0) is 4.74 Å². The summed E-state index contributed by atoms with van der Waals surface area (Å²) in [5.41, 5.74) is 0. The number of hydrogen-bond acceptors (Lipinski definition) is 2. The fourth-order valence-corrected chi connectivity index (χ4v) is 1.84. The van der Waals surface area contributed by atoms with Crippen LogP contribution in [0.5, 0.6) is 0 Å². The summed E-state index contributed by atoms with van der Waals surface area (Å²) < 4.78 is 4.89. The van der Waals surface area contributed by atoms with E-state index in [1.807, 2.05) is 4.90 Å².